The maximum absolute atomic E-state index is 11.3. The van der Waals surface area contributed by atoms with Gasteiger partial charge in [0.05, 0.1) is 33.9 Å². The van der Waals surface area contributed by atoms with Crippen molar-refractivity contribution in [3.05, 3.63) is 173 Å². The molecule has 0 fully saturated rings. The zero-order valence-electron chi connectivity index (χ0n) is 46.2. The van der Waals surface area contributed by atoms with Gasteiger partial charge in [0.2, 0.25) is 0 Å². The monoisotopic (exact) mass is 999 g/mol. The molecule has 9 rings (SSSR count). The number of hydrogen-bond donors (Lipinski definition) is 3. The number of phenolic OH excluding ortho intramolecular Hbond substituents is 2. The van der Waals surface area contributed by atoms with E-state index in [2.05, 4.69) is 180 Å². The van der Waals surface area contributed by atoms with E-state index >= 15 is 0 Å². The number of aromatic amines is 1. The van der Waals surface area contributed by atoms with Crippen LogP contribution in [0.2, 0.25) is 0 Å². The number of aromatic hydroxyl groups is 2. The van der Waals surface area contributed by atoms with E-state index in [0.717, 1.165) is 133 Å². The third-order valence-electron chi connectivity index (χ3n) is 14.5. The standard InChI is InChI=1S/C37H42N4O.C28H32N4O/c1-7-39(8-2)30-20-16-28(17-21-30)34-35(29-18-22-31(23-19-29)40(9-3)10-4)41(32-14-12-11-13-15-32)37(38-34)33-25-26(5)24-27(6)36(33)42;1-17-16-24(27(33)19(3)18(17)2)28-29-25(20-8-12-22(13-9-20)31(4)5)26(30-28)21-10-14-23(15-11-21)32(6)7/h11-25,42H,7-10H2,1-6H3;8-16,33H,1-7H3,(H,29,30). The topological polar surface area (TPSA) is 99.9 Å². The second-order valence-electron chi connectivity index (χ2n) is 19.8. The predicted molar refractivity (Wildman–Crippen MR) is 318 cm³/mol. The number of nitrogens with one attached hydrogen (secondary N) is 1. The molecule has 0 atom stereocenters. The highest BCUT2D eigenvalue weighted by atomic mass is 16.3. The van der Waals surface area contributed by atoms with Gasteiger partial charge in [0.25, 0.3) is 0 Å². The number of aromatic nitrogens is 4. The van der Waals surface area contributed by atoms with Gasteiger partial charge in [-0.2, -0.15) is 0 Å². The molecule has 0 bridgehead atoms. The summed E-state index contributed by atoms with van der Waals surface area (Å²) in [6, 6.07) is 50.7. The average molecular weight is 999 g/mol. The number of anilines is 4. The average Bonchev–Trinajstić information content (AvgIpc) is 4.05. The van der Waals surface area contributed by atoms with Gasteiger partial charge >= 0.3 is 0 Å². The SMILES string of the molecule is CCN(CC)c1ccc(-c2nc(-c3cc(C)cc(C)c3O)n(-c3ccccc3)c2-c2ccc(N(CC)CC)cc2)cc1.Cc1cc(-c2nc(-c3ccc(N(C)C)cc3)c(-c3ccc(N(C)C)cc3)[nH]2)c(O)c(C)c1C. The molecule has 0 amide bonds. The highest BCUT2D eigenvalue weighted by Crippen LogP contribution is 2.43. The maximum Gasteiger partial charge on any atom is 0.149 e. The van der Waals surface area contributed by atoms with Gasteiger partial charge in [-0.3, -0.25) is 4.57 Å². The summed E-state index contributed by atoms with van der Waals surface area (Å²) >= 11 is 0. The molecular weight excluding hydrogens is 925 g/mol. The van der Waals surface area contributed by atoms with Gasteiger partial charge in [0.1, 0.15) is 23.1 Å². The second kappa shape index (κ2) is 22.9. The summed E-state index contributed by atoms with van der Waals surface area (Å²) in [5, 5.41) is 22.2. The van der Waals surface area contributed by atoms with Crippen LogP contribution in [0.4, 0.5) is 22.7 Å². The first kappa shape index (κ1) is 53.1. The Morgan fingerprint density at radius 1 is 0.467 bits per heavy atom. The fourth-order valence-electron chi connectivity index (χ4n) is 9.88. The van der Waals surface area contributed by atoms with Gasteiger partial charge in [-0.15, -0.1) is 0 Å². The number of hydrogen-bond acceptors (Lipinski definition) is 8. The second-order valence-corrected chi connectivity index (χ2v) is 19.8. The van der Waals surface area contributed by atoms with Crippen LogP contribution in [-0.2, 0) is 0 Å². The maximum atomic E-state index is 11.3. The van der Waals surface area contributed by atoms with Crippen molar-refractivity contribution in [2.45, 2.75) is 62.3 Å². The van der Waals surface area contributed by atoms with Crippen molar-refractivity contribution in [3.8, 4) is 85.0 Å². The smallest absolute Gasteiger partial charge is 0.149 e. The Bertz CT molecular complexity index is 3290. The molecule has 9 aromatic rings. The molecule has 7 aromatic carbocycles. The Kier molecular flexibility index (Phi) is 16.2. The third kappa shape index (κ3) is 11.0. The minimum absolute atomic E-state index is 0.259. The van der Waals surface area contributed by atoms with Crippen molar-refractivity contribution in [2.24, 2.45) is 0 Å². The van der Waals surface area contributed by atoms with E-state index in [1.165, 1.54) is 11.4 Å². The number of imidazole rings is 2. The van der Waals surface area contributed by atoms with E-state index in [-0.39, 0.29) is 11.5 Å². The number of H-pyrrole nitrogens is 1. The van der Waals surface area contributed by atoms with Crippen LogP contribution in [0.3, 0.4) is 0 Å². The Morgan fingerprint density at radius 3 is 1.45 bits per heavy atom. The Balaban J connectivity index is 0.000000205. The minimum Gasteiger partial charge on any atom is -0.507 e. The molecule has 2 heterocycles. The van der Waals surface area contributed by atoms with Crippen LogP contribution in [-0.4, -0.2) is 84.1 Å². The first-order chi connectivity index (χ1) is 36.1. The molecule has 0 radical (unpaired) electrons. The molecule has 0 spiro atoms. The molecule has 10 heteroatoms. The van der Waals surface area contributed by atoms with E-state index in [1.807, 2.05) is 85.4 Å². The van der Waals surface area contributed by atoms with Gasteiger partial charge in [-0.1, -0.05) is 72.8 Å². The summed E-state index contributed by atoms with van der Waals surface area (Å²) in [6.07, 6.45) is 0. The fraction of sp³-hybridized carbons (Fsp3) is 0.262. The first-order valence-electron chi connectivity index (χ1n) is 26.2. The van der Waals surface area contributed by atoms with E-state index in [9.17, 15) is 10.2 Å². The molecule has 0 aliphatic rings. The Hall–Kier alpha value is -8.24. The largest absolute Gasteiger partial charge is 0.507 e. The van der Waals surface area contributed by atoms with Crippen molar-refractivity contribution < 1.29 is 10.2 Å². The summed E-state index contributed by atoms with van der Waals surface area (Å²) in [7, 11) is 8.13. The summed E-state index contributed by atoms with van der Waals surface area (Å²) in [5.74, 6) is 1.92. The number of benzene rings is 7. The van der Waals surface area contributed by atoms with Gasteiger partial charge in [0, 0.05) is 105 Å². The highest BCUT2D eigenvalue weighted by molar-refractivity contribution is 5.87. The highest BCUT2D eigenvalue weighted by Gasteiger charge is 2.26. The number of rotatable bonds is 15. The van der Waals surface area contributed by atoms with Crippen LogP contribution in [0.25, 0.3) is 73.5 Å². The minimum atomic E-state index is 0.259. The summed E-state index contributed by atoms with van der Waals surface area (Å²) in [6.45, 7) is 22.6. The van der Waals surface area contributed by atoms with Gasteiger partial charge in [-0.25, -0.2) is 9.97 Å². The van der Waals surface area contributed by atoms with E-state index in [1.54, 1.807) is 0 Å². The zero-order chi connectivity index (χ0) is 53.7. The number of para-hydroxylation sites is 1. The van der Waals surface area contributed by atoms with Crippen molar-refractivity contribution >= 4 is 22.7 Å². The van der Waals surface area contributed by atoms with Crippen LogP contribution in [0.1, 0.15) is 55.5 Å². The molecule has 0 aliphatic carbocycles. The molecule has 75 heavy (non-hydrogen) atoms. The van der Waals surface area contributed by atoms with Crippen LogP contribution in [0, 0.1) is 34.6 Å². The lowest BCUT2D eigenvalue weighted by molar-refractivity contribution is 0.471. The number of nitrogens with zero attached hydrogens (tertiary/aromatic N) is 7. The summed E-state index contributed by atoms with van der Waals surface area (Å²) in [4.78, 5) is 22.7. The quantitative estimate of drug-likeness (QED) is 0.0934. The van der Waals surface area contributed by atoms with Gasteiger partial charge in [0.15, 0.2) is 0 Å². The fourth-order valence-corrected chi connectivity index (χ4v) is 9.88. The molecule has 386 valence electrons. The summed E-state index contributed by atoms with van der Waals surface area (Å²) in [5.41, 5.74) is 20.0. The van der Waals surface area contributed by atoms with Crippen molar-refractivity contribution in [1.82, 2.24) is 19.5 Å². The van der Waals surface area contributed by atoms with Crippen LogP contribution in [0.5, 0.6) is 11.5 Å². The van der Waals surface area contributed by atoms with E-state index < -0.39 is 0 Å². The Morgan fingerprint density at radius 2 is 0.947 bits per heavy atom. The molecule has 0 aliphatic heterocycles. The lowest BCUT2D eigenvalue weighted by Gasteiger charge is -2.22. The molecule has 0 unspecified atom stereocenters. The van der Waals surface area contributed by atoms with Crippen LogP contribution in [0.15, 0.2) is 146 Å². The zero-order valence-corrected chi connectivity index (χ0v) is 46.2. The number of phenols is 2. The predicted octanol–water partition coefficient (Wildman–Crippen LogP) is 15.1. The van der Waals surface area contributed by atoms with Crippen molar-refractivity contribution in [3.63, 3.8) is 0 Å². The van der Waals surface area contributed by atoms with Crippen molar-refractivity contribution in [2.75, 3.05) is 74.0 Å². The van der Waals surface area contributed by atoms with Crippen LogP contribution < -0.4 is 19.6 Å². The normalized spacial score (nSPS) is 11.1. The van der Waals surface area contributed by atoms with Gasteiger partial charge in [-0.05, 0) is 163 Å². The first-order valence-corrected chi connectivity index (χ1v) is 26.2. The lowest BCUT2D eigenvalue weighted by atomic mass is 9.99. The molecule has 3 N–H and O–H groups in total. The molecule has 2 aromatic heterocycles. The van der Waals surface area contributed by atoms with Gasteiger partial charge < -0.3 is 34.8 Å². The van der Waals surface area contributed by atoms with Crippen molar-refractivity contribution in [1.29, 1.82) is 0 Å². The Labute approximate surface area is 445 Å². The van der Waals surface area contributed by atoms with Crippen LogP contribution >= 0.6 is 0 Å². The van der Waals surface area contributed by atoms with E-state index in [4.69, 9.17) is 9.97 Å². The number of aryl methyl sites for hydroxylation is 3. The van der Waals surface area contributed by atoms with E-state index in [0.29, 0.717) is 5.82 Å². The lowest BCUT2D eigenvalue weighted by Crippen LogP contribution is -2.21. The molecule has 0 saturated heterocycles. The molecule has 10 nitrogen and oxygen atoms in total. The molecule has 0 saturated carbocycles. The third-order valence-corrected chi connectivity index (χ3v) is 14.5. The summed E-state index contributed by atoms with van der Waals surface area (Å²) < 4.78 is 2.20. The molecular formula is C65H74N8O2.